The summed E-state index contributed by atoms with van der Waals surface area (Å²) >= 11 is 0. The Bertz CT molecular complexity index is 806. The third-order valence-corrected chi connectivity index (χ3v) is 3.20. The van der Waals surface area contributed by atoms with Gasteiger partial charge in [0.1, 0.15) is 30.3 Å². The van der Waals surface area contributed by atoms with Gasteiger partial charge in [-0.2, -0.15) is 13.2 Å². The molecule has 2 N–H and O–H groups in total. The van der Waals surface area contributed by atoms with E-state index in [0.717, 1.165) is 0 Å². The van der Waals surface area contributed by atoms with E-state index in [9.17, 15) is 32.3 Å². The third kappa shape index (κ3) is 5.20. The highest BCUT2D eigenvalue weighted by molar-refractivity contribution is 6.02. The van der Waals surface area contributed by atoms with E-state index < -0.39 is 47.3 Å². The lowest BCUT2D eigenvalue weighted by Crippen LogP contribution is -2.34. The van der Waals surface area contributed by atoms with Gasteiger partial charge in [-0.3, -0.25) is 4.79 Å². The van der Waals surface area contributed by atoms with Gasteiger partial charge in [-0.25, -0.2) is 9.18 Å². The zero-order valence-electron chi connectivity index (χ0n) is 13.1. The summed E-state index contributed by atoms with van der Waals surface area (Å²) < 4.78 is 55.8. The Labute approximate surface area is 145 Å². The molecule has 0 spiro atoms. The molecule has 0 aliphatic heterocycles. The number of carboxylic acid groups (broad SMARTS) is 1. The second-order valence-electron chi connectivity index (χ2n) is 5.21. The first-order valence-corrected chi connectivity index (χ1v) is 7.26. The number of halogens is 4. The van der Waals surface area contributed by atoms with Crippen LogP contribution in [-0.4, -0.2) is 29.7 Å². The lowest BCUT2D eigenvalue weighted by atomic mass is 10.1. The van der Waals surface area contributed by atoms with E-state index in [2.05, 4.69) is 0 Å². The number of alkyl halides is 3. The van der Waals surface area contributed by atoms with Gasteiger partial charge in [0.05, 0.1) is 5.56 Å². The Hall–Kier alpha value is -3.10. The highest BCUT2D eigenvalue weighted by Crippen LogP contribution is 2.27. The van der Waals surface area contributed by atoms with E-state index >= 15 is 0 Å². The van der Waals surface area contributed by atoms with Gasteiger partial charge in [0.15, 0.2) is 0 Å². The second kappa shape index (κ2) is 7.85. The number of aromatic carboxylic acids is 1. The largest absolute Gasteiger partial charge is 0.487 e. The molecule has 9 heteroatoms. The summed E-state index contributed by atoms with van der Waals surface area (Å²) in [6.45, 7) is -1.81. The summed E-state index contributed by atoms with van der Waals surface area (Å²) in [7, 11) is 0. The molecule has 1 amide bonds. The summed E-state index contributed by atoms with van der Waals surface area (Å²) in [6, 6.07) is 9.69. The standard InChI is InChI=1S/C17H13F4NO4/c18-11-6-12(15(23)22-9-17(19,20)21)14(13(7-11)16(24)25)26-8-10-4-2-1-3-5-10/h1-7H,8-9H2,(H,22,23)(H,24,25). The molecule has 0 saturated heterocycles. The highest BCUT2D eigenvalue weighted by atomic mass is 19.4. The first-order chi connectivity index (χ1) is 12.2. The van der Waals surface area contributed by atoms with Crippen molar-refractivity contribution in [3.63, 3.8) is 0 Å². The van der Waals surface area contributed by atoms with Crippen LogP contribution in [0.4, 0.5) is 17.6 Å². The lowest BCUT2D eigenvalue weighted by Gasteiger charge is -2.15. The van der Waals surface area contributed by atoms with E-state index in [1.807, 2.05) is 0 Å². The van der Waals surface area contributed by atoms with E-state index in [1.54, 1.807) is 35.6 Å². The number of carbonyl (C=O) groups excluding carboxylic acids is 1. The van der Waals surface area contributed by atoms with Crippen LogP contribution in [0, 0.1) is 5.82 Å². The van der Waals surface area contributed by atoms with Crippen LogP contribution in [0.1, 0.15) is 26.3 Å². The fourth-order valence-electron chi connectivity index (χ4n) is 2.08. The molecule has 0 aliphatic rings. The Morgan fingerprint density at radius 1 is 1.08 bits per heavy atom. The molecule has 2 aromatic rings. The number of nitrogens with one attached hydrogen (secondary N) is 1. The molecule has 0 unspecified atom stereocenters. The van der Waals surface area contributed by atoms with E-state index in [0.29, 0.717) is 17.7 Å². The minimum Gasteiger partial charge on any atom is -0.487 e. The average Bonchev–Trinajstić information content (AvgIpc) is 2.58. The summed E-state index contributed by atoms with van der Waals surface area (Å²) in [6.07, 6.45) is -4.68. The zero-order chi connectivity index (χ0) is 19.3. The number of benzene rings is 2. The maximum absolute atomic E-state index is 13.6. The van der Waals surface area contributed by atoms with Gasteiger partial charge < -0.3 is 15.2 Å². The molecule has 2 aromatic carbocycles. The maximum Gasteiger partial charge on any atom is 0.405 e. The molecule has 138 valence electrons. The number of rotatable bonds is 6. The molecular weight excluding hydrogens is 358 g/mol. The summed E-state index contributed by atoms with van der Waals surface area (Å²) in [5.74, 6) is -4.49. The normalized spacial score (nSPS) is 11.1. The second-order valence-corrected chi connectivity index (χ2v) is 5.21. The SMILES string of the molecule is O=C(O)c1cc(F)cc(C(=O)NCC(F)(F)F)c1OCc1ccccc1. The lowest BCUT2D eigenvalue weighted by molar-refractivity contribution is -0.123. The van der Waals surface area contributed by atoms with Gasteiger partial charge in [-0.05, 0) is 17.7 Å². The molecule has 0 radical (unpaired) electrons. The van der Waals surface area contributed by atoms with Crippen molar-refractivity contribution >= 4 is 11.9 Å². The molecule has 2 rings (SSSR count). The van der Waals surface area contributed by atoms with Crippen LogP contribution in [0.2, 0.25) is 0 Å². The van der Waals surface area contributed by atoms with Gasteiger partial charge in [-0.1, -0.05) is 30.3 Å². The van der Waals surface area contributed by atoms with Crippen LogP contribution in [0.25, 0.3) is 0 Å². The van der Waals surface area contributed by atoms with Crippen molar-refractivity contribution in [1.82, 2.24) is 5.32 Å². The van der Waals surface area contributed by atoms with E-state index in [-0.39, 0.29) is 6.61 Å². The van der Waals surface area contributed by atoms with Crippen LogP contribution >= 0.6 is 0 Å². The van der Waals surface area contributed by atoms with Crippen molar-refractivity contribution in [3.8, 4) is 5.75 Å². The van der Waals surface area contributed by atoms with Gasteiger partial charge >= 0.3 is 12.1 Å². The van der Waals surface area contributed by atoms with Crippen LogP contribution in [0.3, 0.4) is 0 Å². The van der Waals surface area contributed by atoms with Gasteiger partial charge in [-0.15, -0.1) is 0 Å². The molecule has 0 fully saturated rings. The number of carboxylic acids is 1. The number of ether oxygens (including phenoxy) is 1. The number of amides is 1. The predicted molar refractivity (Wildman–Crippen MR) is 82.5 cm³/mol. The topological polar surface area (TPSA) is 75.6 Å². The predicted octanol–water partition coefficient (Wildman–Crippen LogP) is 3.40. The first kappa shape index (κ1) is 19.2. The fourth-order valence-corrected chi connectivity index (χ4v) is 2.08. The van der Waals surface area contributed by atoms with Crippen molar-refractivity contribution in [2.45, 2.75) is 12.8 Å². The van der Waals surface area contributed by atoms with Crippen molar-refractivity contribution in [2.24, 2.45) is 0 Å². The molecule has 0 heterocycles. The number of carbonyl (C=O) groups is 2. The summed E-state index contributed by atoms with van der Waals surface area (Å²) in [5.41, 5.74) is -0.685. The van der Waals surface area contributed by atoms with E-state index in [4.69, 9.17) is 4.74 Å². The molecule has 0 aromatic heterocycles. The summed E-state index contributed by atoms with van der Waals surface area (Å²) in [4.78, 5) is 23.3. The Morgan fingerprint density at radius 3 is 2.27 bits per heavy atom. The minimum absolute atomic E-state index is 0.160. The Morgan fingerprint density at radius 2 is 1.69 bits per heavy atom. The zero-order valence-corrected chi connectivity index (χ0v) is 13.1. The Balaban J connectivity index is 2.35. The first-order valence-electron chi connectivity index (χ1n) is 7.26. The highest BCUT2D eigenvalue weighted by Gasteiger charge is 2.29. The summed E-state index contributed by atoms with van der Waals surface area (Å²) in [5, 5.41) is 10.8. The van der Waals surface area contributed by atoms with Crippen molar-refractivity contribution in [1.29, 1.82) is 0 Å². The quantitative estimate of drug-likeness (QED) is 0.764. The molecular formula is C17H13F4NO4. The molecule has 0 aliphatic carbocycles. The van der Waals surface area contributed by atoms with Gasteiger partial charge in [0, 0.05) is 0 Å². The van der Waals surface area contributed by atoms with E-state index in [1.165, 1.54) is 0 Å². The number of hydrogen-bond donors (Lipinski definition) is 2. The average molecular weight is 371 g/mol. The van der Waals surface area contributed by atoms with Crippen LogP contribution in [0.15, 0.2) is 42.5 Å². The third-order valence-electron chi connectivity index (χ3n) is 3.20. The molecule has 5 nitrogen and oxygen atoms in total. The Kier molecular flexibility index (Phi) is 5.81. The maximum atomic E-state index is 13.6. The molecule has 0 saturated carbocycles. The smallest absolute Gasteiger partial charge is 0.405 e. The monoisotopic (exact) mass is 371 g/mol. The van der Waals surface area contributed by atoms with Crippen LogP contribution in [0.5, 0.6) is 5.75 Å². The van der Waals surface area contributed by atoms with Crippen LogP contribution < -0.4 is 10.1 Å². The molecule has 26 heavy (non-hydrogen) atoms. The van der Waals surface area contributed by atoms with Crippen molar-refractivity contribution in [2.75, 3.05) is 6.54 Å². The number of hydrogen-bond acceptors (Lipinski definition) is 3. The molecule has 0 atom stereocenters. The minimum atomic E-state index is -4.68. The van der Waals surface area contributed by atoms with Crippen molar-refractivity contribution in [3.05, 3.63) is 65.0 Å². The van der Waals surface area contributed by atoms with Crippen LogP contribution in [-0.2, 0) is 6.61 Å². The van der Waals surface area contributed by atoms with Crippen molar-refractivity contribution < 1.29 is 37.0 Å². The van der Waals surface area contributed by atoms with Gasteiger partial charge in [0.2, 0.25) is 0 Å². The van der Waals surface area contributed by atoms with Gasteiger partial charge in [0.25, 0.3) is 5.91 Å². The molecule has 0 bridgehead atoms. The fraction of sp³-hybridized carbons (Fsp3) is 0.176.